The summed E-state index contributed by atoms with van der Waals surface area (Å²) in [6.07, 6.45) is 20.8. The van der Waals surface area contributed by atoms with Crippen LogP contribution in [0.5, 0.6) is 0 Å². The molecule has 3 aromatic rings. The molecule has 3 heteroatoms. The number of hydrogen-bond acceptors (Lipinski definition) is 1. The van der Waals surface area contributed by atoms with E-state index in [9.17, 15) is 0 Å². The molecule has 0 aliphatic rings. The molecular formula is C29H41BrN2. The maximum atomic E-state index is 4.93. The number of halogens is 1. The van der Waals surface area contributed by atoms with E-state index in [1.807, 2.05) is 6.07 Å². The van der Waals surface area contributed by atoms with Crippen molar-refractivity contribution in [2.24, 2.45) is 0 Å². The number of nitrogens with one attached hydrogen (secondary N) is 1. The summed E-state index contributed by atoms with van der Waals surface area (Å²) in [6.45, 7) is 2.29. The standard InChI is InChI=1S/C29H41BrN2/c1-2-3-4-5-6-7-8-9-10-11-12-13-14-15-18-24-19-17-22-27-28(24)32-29(31-27)25-20-16-21-26(30)23-25/h16-17,19-23H,2-15,18H2,1H3,(H,31,32). The van der Waals surface area contributed by atoms with Crippen LogP contribution in [0.4, 0.5) is 0 Å². The van der Waals surface area contributed by atoms with Crippen LogP contribution in [-0.4, -0.2) is 9.97 Å². The number of benzene rings is 2. The van der Waals surface area contributed by atoms with Crippen LogP contribution in [0.3, 0.4) is 0 Å². The van der Waals surface area contributed by atoms with E-state index in [2.05, 4.69) is 64.2 Å². The number of aromatic nitrogens is 2. The molecule has 32 heavy (non-hydrogen) atoms. The molecule has 1 aromatic heterocycles. The summed E-state index contributed by atoms with van der Waals surface area (Å²) in [4.78, 5) is 8.43. The van der Waals surface area contributed by atoms with E-state index in [0.717, 1.165) is 33.3 Å². The van der Waals surface area contributed by atoms with Crippen LogP contribution in [0.25, 0.3) is 22.4 Å². The lowest BCUT2D eigenvalue weighted by Crippen LogP contribution is -1.89. The zero-order valence-corrected chi connectivity index (χ0v) is 21.6. The third-order valence-corrected chi connectivity index (χ3v) is 6.99. The topological polar surface area (TPSA) is 28.7 Å². The smallest absolute Gasteiger partial charge is 0.138 e. The number of imidazole rings is 1. The third-order valence-electron chi connectivity index (χ3n) is 6.49. The van der Waals surface area contributed by atoms with E-state index < -0.39 is 0 Å². The monoisotopic (exact) mass is 496 g/mol. The number of aromatic amines is 1. The highest BCUT2D eigenvalue weighted by atomic mass is 79.9. The van der Waals surface area contributed by atoms with Crippen LogP contribution in [0.15, 0.2) is 46.9 Å². The molecule has 1 N–H and O–H groups in total. The third kappa shape index (κ3) is 8.39. The molecule has 2 nitrogen and oxygen atoms in total. The first-order chi connectivity index (χ1) is 15.8. The molecule has 0 saturated heterocycles. The number of fused-ring (bicyclic) bond motifs is 1. The number of para-hydroxylation sites is 1. The minimum absolute atomic E-state index is 0.953. The summed E-state index contributed by atoms with van der Waals surface area (Å²) < 4.78 is 1.08. The Labute approximate surface area is 203 Å². The lowest BCUT2D eigenvalue weighted by Gasteiger charge is -2.04. The number of rotatable bonds is 16. The minimum atomic E-state index is 0.953. The highest BCUT2D eigenvalue weighted by molar-refractivity contribution is 9.10. The van der Waals surface area contributed by atoms with Gasteiger partial charge in [0, 0.05) is 10.0 Å². The van der Waals surface area contributed by atoms with Gasteiger partial charge in [-0.2, -0.15) is 0 Å². The normalized spacial score (nSPS) is 11.4. The average Bonchev–Trinajstić information content (AvgIpc) is 3.24. The van der Waals surface area contributed by atoms with Gasteiger partial charge >= 0.3 is 0 Å². The summed E-state index contributed by atoms with van der Waals surface area (Å²) in [5.41, 5.74) is 4.77. The molecule has 0 aliphatic carbocycles. The van der Waals surface area contributed by atoms with Gasteiger partial charge in [0.15, 0.2) is 0 Å². The van der Waals surface area contributed by atoms with Crippen molar-refractivity contribution >= 4 is 27.0 Å². The summed E-state index contributed by atoms with van der Waals surface area (Å²) in [7, 11) is 0. The van der Waals surface area contributed by atoms with Crippen molar-refractivity contribution in [3.8, 4) is 11.4 Å². The minimum Gasteiger partial charge on any atom is -0.338 e. The summed E-state index contributed by atoms with van der Waals surface area (Å²) >= 11 is 3.56. The van der Waals surface area contributed by atoms with E-state index in [0.29, 0.717) is 0 Å². The van der Waals surface area contributed by atoms with Crippen molar-refractivity contribution in [1.82, 2.24) is 9.97 Å². The van der Waals surface area contributed by atoms with Crippen molar-refractivity contribution in [3.05, 3.63) is 52.5 Å². The lowest BCUT2D eigenvalue weighted by molar-refractivity contribution is 0.535. The van der Waals surface area contributed by atoms with E-state index in [1.54, 1.807) is 0 Å². The van der Waals surface area contributed by atoms with Gasteiger partial charge < -0.3 is 4.98 Å². The van der Waals surface area contributed by atoms with Crippen LogP contribution < -0.4 is 0 Å². The van der Waals surface area contributed by atoms with Crippen molar-refractivity contribution in [2.45, 2.75) is 103 Å². The van der Waals surface area contributed by atoms with Gasteiger partial charge in [0.1, 0.15) is 5.82 Å². The molecule has 0 atom stereocenters. The molecule has 0 bridgehead atoms. The van der Waals surface area contributed by atoms with Gasteiger partial charge in [-0.3, -0.25) is 0 Å². The van der Waals surface area contributed by atoms with Crippen LogP contribution in [0, 0.1) is 0 Å². The lowest BCUT2D eigenvalue weighted by atomic mass is 10.0. The Morgan fingerprint density at radius 3 is 1.94 bits per heavy atom. The molecule has 174 valence electrons. The Kier molecular flexibility index (Phi) is 11.4. The molecular weight excluding hydrogens is 456 g/mol. The quantitative estimate of drug-likeness (QED) is 0.196. The van der Waals surface area contributed by atoms with Crippen LogP contribution >= 0.6 is 15.9 Å². The number of nitrogens with zero attached hydrogens (tertiary/aromatic N) is 1. The first kappa shape index (κ1) is 25.0. The second kappa shape index (κ2) is 14.5. The molecule has 0 aliphatic heterocycles. The Morgan fingerprint density at radius 2 is 1.31 bits per heavy atom. The first-order valence-electron chi connectivity index (χ1n) is 13.0. The zero-order valence-electron chi connectivity index (χ0n) is 20.0. The molecule has 0 amide bonds. The van der Waals surface area contributed by atoms with E-state index >= 15 is 0 Å². The fraction of sp³-hybridized carbons (Fsp3) is 0.552. The number of unbranched alkanes of at least 4 members (excludes halogenated alkanes) is 13. The molecule has 3 rings (SSSR count). The van der Waals surface area contributed by atoms with E-state index in [1.165, 1.54) is 95.5 Å². The second-order valence-corrected chi connectivity index (χ2v) is 10.2. The molecule has 0 spiro atoms. The number of hydrogen-bond donors (Lipinski definition) is 1. The Bertz CT molecular complexity index is 914. The van der Waals surface area contributed by atoms with Crippen molar-refractivity contribution in [1.29, 1.82) is 0 Å². The molecule has 0 radical (unpaired) electrons. The maximum Gasteiger partial charge on any atom is 0.138 e. The highest BCUT2D eigenvalue weighted by Gasteiger charge is 2.09. The Hall–Kier alpha value is -1.61. The van der Waals surface area contributed by atoms with Gasteiger partial charge in [-0.25, -0.2) is 4.98 Å². The van der Waals surface area contributed by atoms with Crippen molar-refractivity contribution in [3.63, 3.8) is 0 Å². The predicted molar refractivity (Wildman–Crippen MR) is 143 cm³/mol. The fourth-order valence-electron chi connectivity index (χ4n) is 4.58. The second-order valence-electron chi connectivity index (χ2n) is 9.26. The highest BCUT2D eigenvalue weighted by Crippen LogP contribution is 2.26. The van der Waals surface area contributed by atoms with Gasteiger partial charge in [0.2, 0.25) is 0 Å². The van der Waals surface area contributed by atoms with E-state index in [-0.39, 0.29) is 0 Å². The number of aryl methyl sites for hydroxylation is 1. The van der Waals surface area contributed by atoms with Crippen molar-refractivity contribution < 1.29 is 0 Å². The fourth-order valence-corrected chi connectivity index (χ4v) is 4.98. The summed E-state index contributed by atoms with van der Waals surface area (Å²) in [6, 6.07) is 14.9. The van der Waals surface area contributed by atoms with Gasteiger partial charge in [-0.05, 0) is 36.6 Å². The van der Waals surface area contributed by atoms with Gasteiger partial charge in [0.05, 0.1) is 11.0 Å². The molecule has 0 fully saturated rings. The van der Waals surface area contributed by atoms with Gasteiger partial charge in [-0.1, -0.05) is 131 Å². The predicted octanol–water partition coefficient (Wildman–Crippen LogP) is 10.0. The van der Waals surface area contributed by atoms with Crippen LogP contribution in [0.2, 0.25) is 0 Å². The van der Waals surface area contributed by atoms with Gasteiger partial charge in [0.25, 0.3) is 0 Å². The molecule has 0 saturated carbocycles. The first-order valence-corrected chi connectivity index (χ1v) is 13.8. The SMILES string of the molecule is CCCCCCCCCCCCCCCCc1cccc2[nH]c(-c3cccc(Br)c3)nc12. The van der Waals surface area contributed by atoms with Crippen molar-refractivity contribution in [2.75, 3.05) is 0 Å². The van der Waals surface area contributed by atoms with E-state index in [4.69, 9.17) is 4.98 Å². The summed E-state index contributed by atoms with van der Waals surface area (Å²) in [5, 5.41) is 0. The number of H-pyrrole nitrogens is 1. The zero-order chi connectivity index (χ0) is 22.4. The maximum absolute atomic E-state index is 4.93. The van der Waals surface area contributed by atoms with Crippen LogP contribution in [0.1, 0.15) is 102 Å². The Morgan fingerprint density at radius 1 is 0.719 bits per heavy atom. The summed E-state index contributed by atoms with van der Waals surface area (Å²) in [5.74, 6) is 0.953. The largest absolute Gasteiger partial charge is 0.338 e. The molecule has 2 aromatic carbocycles. The van der Waals surface area contributed by atoms with Gasteiger partial charge in [-0.15, -0.1) is 0 Å². The molecule has 0 unspecified atom stereocenters. The average molecular weight is 498 g/mol. The van der Waals surface area contributed by atoms with Crippen LogP contribution in [-0.2, 0) is 6.42 Å². The Balaban J connectivity index is 1.31. The molecule has 1 heterocycles.